The first-order valence-corrected chi connectivity index (χ1v) is 9.22. The van der Waals surface area contributed by atoms with Crippen LogP contribution in [0.5, 0.6) is 0 Å². The Morgan fingerprint density at radius 3 is 2.39 bits per heavy atom. The summed E-state index contributed by atoms with van der Waals surface area (Å²) < 4.78 is 28.6. The zero-order valence-electron chi connectivity index (χ0n) is 13.3. The highest BCUT2D eigenvalue weighted by Gasteiger charge is 2.21. The van der Waals surface area contributed by atoms with E-state index in [1.807, 2.05) is 26.8 Å². The molecule has 0 N–H and O–H groups in total. The Kier molecular flexibility index (Phi) is 4.64. The van der Waals surface area contributed by atoms with Crippen molar-refractivity contribution in [3.8, 4) is 0 Å². The van der Waals surface area contributed by atoms with Crippen LogP contribution in [0.4, 0.5) is 0 Å². The maximum absolute atomic E-state index is 12.5. The Bertz CT molecular complexity index is 824. The largest absolute Gasteiger partial charge is 0.883 e. The molecule has 0 radical (unpaired) electrons. The first-order chi connectivity index (χ1) is 10.5. The van der Waals surface area contributed by atoms with Crippen LogP contribution in [0.1, 0.15) is 31.9 Å². The van der Waals surface area contributed by atoms with E-state index in [1.54, 1.807) is 13.0 Å². The first-order valence-electron chi connectivity index (χ1n) is 6.90. The highest BCUT2D eigenvalue weighted by atomic mass is 32.2. The fourth-order valence-electron chi connectivity index (χ4n) is 2.11. The predicted octanol–water partition coefficient (Wildman–Crippen LogP) is 1.57. The third-order valence-electron chi connectivity index (χ3n) is 3.37. The molecule has 0 fully saturated rings. The van der Waals surface area contributed by atoms with Crippen molar-refractivity contribution in [1.82, 2.24) is 0 Å². The van der Waals surface area contributed by atoms with E-state index >= 15 is 0 Å². The van der Waals surface area contributed by atoms with Gasteiger partial charge < -0.3 is 10.2 Å². The van der Waals surface area contributed by atoms with Gasteiger partial charge in [0, 0.05) is 4.91 Å². The van der Waals surface area contributed by atoms with Crippen LogP contribution in [-0.2, 0) is 15.4 Å². The molecule has 1 heterocycles. The molecule has 7 heteroatoms. The standard InChI is InChI=1S/C16H19NO4S2/c1-10-9-11(16(2,3)4)5-6-13(10)23(20,21)17-12-7-8-22-14(12)15(18)19/h5-9,18-19H,1-4H3/p-2. The van der Waals surface area contributed by atoms with E-state index < -0.39 is 16.0 Å². The van der Waals surface area contributed by atoms with Crippen LogP contribution in [-0.4, -0.2) is 14.1 Å². The van der Waals surface area contributed by atoms with Crippen LogP contribution in [0.2, 0.25) is 0 Å². The minimum Gasteiger partial charge on any atom is -0.883 e. The van der Waals surface area contributed by atoms with Gasteiger partial charge in [-0.3, -0.25) is 0 Å². The summed E-state index contributed by atoms with van der Waals surface area (Å²) in [6.07, 6.45) is 1.35. The van der Waals surface area contributed by atoms with Gasteiger partial charge in [0.1, 0.15) is 0 Å². The lowest BCUT2D eigenvalue weighted by Gasteiger charge is -2.21. The fraction of sp³-hybridized carbons (Fsp3) is 0.312. The van der Waals surface area contributed by atoms with E-state index in [2.05, 4.69) is 4.40 Å². The minimum absolute atomic E-state index is 0.0704. The van der Waals surface area contributed by atoms with Gasteiger partial charge >= 0.3 is 0 Å². The second-order valence-electron chi connectivity index (χ2n) is 6.22. The van der Waals surface area contributed by atoms with Crippen LogP contribution in [0.3, 0.4) is 0 Å². The fourth-order valence-corrected chi connectivity index (χ4v) is 4.05. The molecule has 0 amide bonds. The topological polar surface area (TPSA) is 92.6 Å². The number of sulfonamides is 1. The smallest absolute Gasteiger partial charge is 0.283 e. The highest BCUT2D eigenvalue weighted by molar-refractivity contribution is 8.07. The monoisotopic (exact) mass is 351 g/mol. The van der Waals surface area contributed by atoms with E-state index in [4.69, 9.17) is 0 Å². The maximum atomic E-state index is 12.5. The predicted molar refractivity (Wildman–Crippen MR) is 88.3 cm³/mol. The molecule has 0 unspecified atom stereocenters. The Labute approximate surface area is 140 Å². The zero-order chi connectivity index (χ0) is 17.4. The van der Waals surface area contributed by atoms with E-state index in [1.165, 1.54) is 17.6 Å². The van der Waals surface area contributed by atoms with E-state index in [0.29, 0.717) is 5.56 Å². The SMILES string of the molecule is Cc1cc(C(C)(C)C)ccc1S(=O)(=O)N=C1C=CSC1=C([O-])[O-]. The summed E-state index contributed by atoms with van der Waals surface area (Å²) in [4.78, 5) is -0.126. The van der Waals surface area contributed by atoms with Crippen molar-refractivity contribution >= 4 is 27.5 Å². The van der Waals surface area contributed by atoms with Crippen LogP contribution in [0.15, 0.2) is 49.8 Å². The number of hydrogen-bond donors (Lipinski definition) is 0. The molecule has 23 heavy (non-hydrogen) atoms. The summed E-state index contributed by atoms with van der Waals surface area (Å²) >= 11 is 0.883. The number of nitrogens with zero attached hydrogens (tertiary/aromatic N) is 1. The molecule has 1 aromatic carbocycles. The quantitative estimate of drug-likeness (QED) is 0.754. The van der Waals surface area contributed by atoms with E-state index in [9.17, 15) is 18.6 Å². The lowest BCUT2D eigenvalue weighted by molar-refractivity contribution is -0.513. The molecule has 0 atom stereocenters. The lowest BCUT2D eigenvalue weighted by Crippen LogP contribution is -2.22. The summed E-state index contributed by atoms with van der Waals surface area (Å²) in [5.41, 5.74) is 1.39. The van der Waals surface area contributed by atoms with Gasteiger partial charge in [-0.2, -0.15) is 18.8 Å². The molecule has 0 aliphatic carbocycles. The molecule has 0 bridgehead atoms. The van der Waals surface area contributed by atoms with Crippen molar-refractivity contribution in [2.45, 2.75) is 38.0 Å². The van der Waals surface area contributed by atoms with Crippen LogP contribution < -0.4 is 10.2 Å². The molecule has 2 rings (SSSR count). The molecule has 124 valence electrons. The lowest BCUT2D eigenvalue weighted by atomic mass is 9.86. The first kappa shape index (κ1) is 17.6. The van der Waals surface area contributed by atoms with Crippen molar-refractivity contribution in [3.63, 3.8) is 0 Å². The van der Waals surface area contributed by atoms with Crippen LogP contribution in [0, 0.1) is 6.92 Å². The average Bonchev–Trinajstić information content (AvgIpc) is 2.84. The number of aryl methyl sites for hydroxylation is 1. The highest BCUT2D eigenvalue weighted by Crippen LogP contribution is 2.30. The summed E-state index contributed by atoms with van der Waals surface area (Å²) in [6, 6.07) is 5.08. The van der Waals surface area contributed by atoms with Gasteiger partial charge in [-0.05, 0) is 41.0 Å². The van der Waals surface area contributed by atoms with Gasteiger partial charge in [-0.1, -0.05) is 44.7 Å². The number of allylic oxidation sites excluding steroid dienone is 2. The van der Waals surface area contributed by atoms with Crippen molar-refractivity contribution < 1.29 is 18.6 Å². The molecule has 0 saturated heterocycles. The van der Waals surface area contributed by atoms with E-state index in [0.717, 1.165) is 17.3 Å². The van der Waals surface area contributed by atoms with Gasteiger partial charge in [0.05, 0.1) is 10.6 Å². The Balaban J connectivity index is 2.50. The molecule has 1 aromatic rings. The maximum Gasteiger partial charge on any atom is 0.283 e. The third kappa shape index (κ3) is 3.79. The van der Waals surface area contributed by atoms with Gasteiger partial charge in [-0.25, -0.2) is 0 Å². The number of rotatable bonds is 2. The van der Waals surface area contributed by atoms with Crippen molar-refractivity contribution in [1.29, 1.82) is 0 Å². The molecule has 1 aliphatic heterocycles. The molecule has 1 aliphatic rings. The number of thioether (sulfide) groups is 1. The Morgan fingerprint density at radius 2 is 1.87 bits per heavy atom. The van der Waals surface area contributed by atoms with Crippen molar-refractivity contribution in [2.24, 2.45) is 4.40 Å². The van der Waals surface area contributed by atoms with Gasteiger partial charge in [0.2, 0.25) is 0 Å². The normalized spacial score (nSPS) is 17.0. The van der Waals surface area contributed by atoms with Crippen LogP contribution >= 0.6 is 11.8 Å². The molecule has 5 nitrogen and oxygen atoms in total. The average molecular weight is 351 g/mol. The summed E-state index contributed by atoms with van der Waals surface area (Å²) in [5, 5.41) is 23.4. The second kappa shape index (κ2) is 6.05. The summed E-state index contributed by atoms with van der Waals surface area (Å²) in [5.74, 6) is -1.44. The molecular formula is C16H17NO4S2-2. The zero-order valence-corrected chi connectivity index (χ0v) is 14.9. The second-order valence-corrected chi connectivity index (χ2v) is 8.71. The third-order valence-corrected chi connectivity index (χ3v) is 5.70. The Hall–Kier alpha value is -1.73. The van der Waals surface area contributed by atoms with Gasteiger partial charge in [0.15, 0.2) is 0 Å². The molecule has 0 spiro atoms. The van der Waals surface area contributed by atoms with E-state index in [-0.39, 0.29) is 20.9 Å². The van der Waals surface area contributed by atoms with Crippen molar-refractivity contribution in [3.05, 3.63) is 51.7 Å². The summed E-state index contributed by atoms with van der Waals surface area (Å²) in [7, 11) is -3.99. The molecule has 0 aromatic heterocycles. The van der Waals surface area contributed by atoms with Gasteiger partial charge in [-0.15, -0.1) is 0 Å². The minimum atomic E-state index is -3.99. The molecular weight excluding hydrogens is 334 g/mol. The van der Waals surface area contributed by atoms with Gasteiger partial charge in [0.25, 0.3) is 10.0 Å². The van der Waals surface area contributed by atoms with Crippen LogP contribution in [0.25, 0.3) is 0 Å². The molecule has 0 saturated carbocycles. The van der Waals surface area contributed by atoms with Crippen molar-refractivity contribution in [2.75, 3.05) is 0 Å². The Morgan fingerprint density at radius 1 is 1.22 bits per heavy atom. The number of benzene rings is 1. The summed E-state index contributed by atoms with van der Waals surface area (Å²) in [6.45, 7) is 7.82. The number of hydrogen-bond acceptors (Lipinski definition) is 5.